The number of rotatable bonds is 6. The molecule has 1 saturated heterocycles. The number of nitrogens with one attached hydrogen (secondary N) is 1. The molecule has 0 unspecified atom stereocenters. The monoisotopic (exact) mass is 537 g/mol. The number of carbonyl (C=O) groups excluding carboxylic acids is 3. The zero-order valence-corrected chi connectivity index (χ0v) is 20.6. The summed E-state index contributed by atoms with van der Waals surface area (Å²) in [6.45, 7) is -0.410. The molecule has 1 aromatic heterocycles. The number of amides is 3. The number of thioether (sulfide) groups is 1. The van der Waals surface area contributed by atoms with Crippen molar-refractivity contribution in [3.8, 4) is 0 Å². The van der Waals surface area contributed by atoms with Crippen LogP contribution in [0.2, 0.25) is 15.1 Å². The summed E-state index contributed by atoms with van der Waals surface area (Å²) in [5, 5.41) is 3.89. The third kappa shape index (κ3) is 5.77. The average molecular weight is 539 g/mol. The minimum Gasteiger partial charge on any atom is -0.300 e. The first kappa shape index (κ1) is 23.8. The SMILES string of the molecule is O=C(CN1C(=O)S/C(=C\c2ccccc2Cl)C1=O)Nc1ncc(Cc2ccc(Cl)c(Cl)c2)s1. The molecule has 0 atom stereocenters. The van der Waals surface area contributed by atoms with E-state index >= 15 is 0 Å². The minimum absolute atomic E-state index is 0.207. The second-order valence-corrected chi connectivity index (χ2v) is 10.2. The zero-order chi connectivity index (χ0) is 23.5. The summed E-state index contributed by atoms with van der Waals surface area (Å²) in [4.78, 5) is 43.6. The molecule has 3 aromatic rings. The Bertz CT molecular complexity index is 1290. The topological polar surface area (TPSA) is 79.4 Å². The van der Waals surface area contributed by atoms with Crippen molar-refractivity contribution in [1.82, 2.24) is 9.88 Å². The number of carbonyl (C=O) groups is 3. The summed E-state index contributed by atoms with van der Waals surface area (Å²) in [7, 11) is 0. The minimum atomic E-state index is -0.542. The van der Waals surface area contributed by atoms with Gasteiger partial charge in [-0.3, -0.25) is 19.3 Å². The largest absolute Gasteiger partial charge is 0.300 e. The molecule has 1 N–H and O–H groups in total. The van der Waals surface area contributed by atoms with Crippen molar-refractivity contribution in [3.63, 3.8) is 0 Å². The Labute approximate surface area is 212 Å². The normalized spacial score (nSPS) is 14.9. The smallest absolute Gasteiger partial charge is 0.294 e. The average Bonchev–Trinajstić information content (AvgIpc) is 3.31. The van der Waals surface area contributed by atoms with Gasteiger partial charge in [-0.25, -0.2) is 4.98 Å². The lowest BCUT2D eigenvalue weighted by molar-refractivity contribution is -0.127. The van der Waals surface area contributed by atoms with E-state index < -0.39 is 23.6 Å². The number of imide groups is 1. The summed E-state index contributed by atoms with van der Waals surface area (Å²) in [6, 6.07) is 12.3. The van der Waals surface area contributed by atoms with Gasteiger partial charge in [0.25, 0.3) is 11.1 Å². The van der Waals surface area contributed by atoms with Crippen LogP contribution in [0.15, 0.2) is 53.6 Å². The maximum atomic E-state index is 12.6. The third-order valence-electron chi connectivity index (χ3n) is 4.53. The number of aromatic nitrogens is 1. The molecule has 11 heteroatoms. The van der Waals surface area contributed by atoms with Crippen molar-refractivity contribution in [3.05, 3.63) is 84.6 Å². The maximum absolute atomic E-state index is 12.6. The van der Waals surface area contributed by atoms with Gasteiger partial charge in [0.05, 0.1) is 15.0 Å². The highest BCUT2D eigenvalue weighted by Gasteiger charge is 2.36. The fourth-order valence-corrected chi connectivity index (χ4v) is 5.17. The van der Waals surface area contributed by atoms with Crippen molar-refractivity contribution in [2.24, 2.45) is 0 Å². The van der Waals surface area contributed by atoms with Crippen LogP contribution >= 0.6 is 57.9 Å². The molecule has 1 fully saturated rings. The summed E-state index contributed by atoms with van der Waals surface area (Å²) in [5.74, 6) is -1.06. The van der Waals surface area contributed by atoms with Gasteiger partial charge in [-0.05, 0) is 47.2 Å². The van der Waals surface area contributed by atoms with Gasteiger partial charge < -0.3 is 5.32 Å². The molecule has 33 heavy (non-hydrogen) atoms. The first-order valence-electron chi connectivity index (χ1n) is 9.48. The molecule has 2 heterocycles. The number of nitrogens with zero attached hydrogens (tertiary/aromatic N) is 2. The number of hydrogen-bond acceptors (Lipinski definition) is 6. The van der Waals surface area contributed by atoms with Crippen molar-refractivity contribution in [2.75, 3.05) is 11.9 Å². The van der Waals surface area contributed by atoms with E-state index in [0.29, 0.717) is 32.2 Å². The van der Waals surface area contributed by atoms with E-state index in [0.717, 1.165) is 27.1 Å². The fourth-order valence-electron chi connectivity index (χ4n) is 2.97. The molecular formula is C22H14Cl3N3O3S2. The van der Waals surface area contributed by atoms with Crippen LogP contribution in [0, 0.1) is 0 Å². The quantitative estimate of drug-likeness (QED) is 0.369. The highest BCUT2D eigenvalue weighted by molar-refractivity contribution is 8.18. The van der Waals surface area contributed by atoms with Gasteiger partial charge in [0, 0.05) is 22.5 Å². The van der Waals surface area contributed by atoms with Gasteiger partial charge in [0.2, 0.25) is 5.91 Å². The lowest BCUT2D eigenvalue weighted by atomic mass is 10.1. The fraction of sp³-hybridized carbons (Fsp3) is 0.0909. The van der Waals surface area contributed by atoms with Crippen molar-refractivity contribution < 1.29 is 14.4 Å². The van der Waals surface area contributed by atoms with Gasteiger partial charge in [-0.15, -0.1) is 11.3 Å². The number of thiazole rings is 1. The van der Waals surface area contributed by atoms with E-state index in [-0.39, 0.29) is 4.91 Å². The number of hydrogen-bond donors (Lipinski definition) is 1. The number of benzene rings is 2. The van der Waals surface area contributed by atoms with Crippen LogP contribution < -0.4 is 5.32 Å². The Morgan fingerprint density at radius 2 is 1.85 bits per heavy atom. The van der Waals surface area contributed by atoms with Gasteiger partial charge in [-0.2, -0.15) is 0 Å². The van der Waals surface area contributed by atoms with E-state index in [4.69, 9.17) is 34.8 Å². The molecule has 0 saturated carbocycles. The van der Waals surface area contributed by atoms with E-state index in [1.54, 1.807) is 48.7 Å². The lowest BCUT2D eigenvalue weighted by Crippen LogP contribution is -2.36. The van der Waals surface area contributed by atoms with Crippen LogP contribution in [-0.2, 0) is 16.0 Å². The first-order chi connectivity index (χ1) is 15.8. The summed E-state index contributed by atoms with van der Waals surface area (Å²) in [6.07, 6.45) is 3.76. The molecule has 168 valence electrons. The highest BCUT2D eigenvalue weighted by Crippen LogP contribution is 2.33. The lowest BCUT2D eigenvalue weighted by Gasteiger charge is -2.11. The standard InChI is InChI=1S/C22H14Cl3N3O3S2/c23-15-4-2-1-3-13(15)9-18-20(30)28(22(31)33-18)11-19(29)27-21-26-10-14(32-21)7-12-5-6-16(24)17(25)8-12/h1-6,8-10H,7,11H2,(H,26,27,29)/b18-9-. The molecule has 3 amide bonds. The third-order valence-corrected chi connectivity index (χ3v) is 7.43. The van der Waals surface area contributed by atoms with Gasteiger partial charge >= 0.3 is 0 Å². The van der Waals surface area contributed by atoms with Crippen LogP contribution in [0.5, 0.6) is 0 Å². The number of anilines is 1. The Kier molecular flexibility index (Phi) is 7.41. The van der Waals surface area contributed by atoms with Crippen LogP contribution in [0.3, 0.4) is 0 Å². The predicted molar refractivity (Wildman–Crippen MR) is 134 cm³/mol. The Balaban J connectivity index is 1.38. The van der Waals surface area contributed by atoms with E-state index in [1.165, 1.54) is 11.3 Å². The summed E-state index contributed by atoms with van der Waals surface area (Å²) < 4.78 is 0. The van der Waals surface area contributed by atoms with E-state index in [1.807, 2.05) is 6.07 Å². The highest BCUT2D eigenvalue weighted by atomic mass is 35.5. The second kappa shape index (κ2) is 10.3. The van der Waals surface area contributed by atoms with Gasteiger partial charge in [0.15, 0.2) is 5.13 Å². The van der Waals surface area contributed by atoms with Crippen molar-refractivity contribution in [1.29, 1.82) is 0 Å². The van der Waals surface area contributed by atoms with Crippen LogP contribution in [0.1, 0.15) is 16.0 Å². The molecule has 0 spiro atoms. The second-order valence-electron chi connectivity index (χ2n) is 6.89. The zero-order valence-electron chi connectivity index (χ0n) is 16.7. The molecule has 1 aliphatic rings. The molecule has 0 bridgehead atoms. The van der Waals surface area contributed by atoms with Crippen LogP contribution in [0.25, 0.3) is 6.08 Å². The Hall–Kier alpha value is -2.36. The maximum Gasteiger partial charge on any atom is 0.294 e. The molecule has 0 radical (unpaired) electrons. The van der Waals surface area contributed by atoms with E-state index in [2.05, 4.69) is 10.3 Å². The molecule has 1 aliphatic heterocycles. The van der Waals surface area contributed by atoms with Crippen molar-refractivity contribution >= 4 is 86.2 Å². The summed E-state index contributed by atoms with van der Waals surface area (Å²) >= 11 is 20.2. The Morgan fingerprint density at radius 3 is 2.61 bits per heavy atom. The first-order valence-corrected chi connectivity index (χ1v) is 12.3. The van der Waals surface area contributed by atoms with Gasteiger partial charge in [0.1, 0.15) is 6.54 Å². The number of halogens is 3. The Morgan fingerprint density at radius 1 is 1.06 bits per heavy atom. The predicted octanol–water partition coefficient (Wildman–Crippen LogP) is 6.37. The molecular weight excluding hydrogens is 525 g/mol. The molecule has 4 rings (SSSR count). The molecule has 2 aromatic carbocycles. The van der Waals surface area contributed by atoms with Gasteiger partial charge in [-0.1, -0.05) is 59.1 Å². The molecule has 0 aliphatic carbocycles. The van der Waals surface area contributed by atoms with Crippen LogP contribution in [-0.4, -0.2) is 33.5 Å². The van der Waals surface area contributed by atoms with E-state index in [9.17, 15) is 14.4 Å². The van der Waals surface area contributed by atoms with Crippen molar-refractivity contribution in [2.45, 2.75) is 6.42 Å². The van der Waals surface area contributed by atoms with Crippen LogP contribution in [0.4, 0.5) is 9.93 Å². The summed E-state index contributed by atoms with van der Waals surface area (Å²) in [5.41, 5.74) is 1.57. The molecule has 6 nitrogen and oxygen atoms in total.